The van der Waals surface area contributed by atoms with Gasteiger partial charge in [-0.05, 0) is 13.3 Å². The van der Waals surface area contributed by atoms with Gasteiger partial charge in [0.15, 0.2) is 0 Å². The fourth-order valence-corrected chi connectivity index (χ4v) is 0.548. The summed E-state index contributed by atoms with van der Waals surface area (Å²) < 4.78 is 1.08. The first kappa shape index (κ1) is 11.7. The van der Waals surface area contributed by atoms with Crippen LogP contribution in [0.15, 0.2) is 0 Å². The van der Waals surface area contributed by atoms with Crippen molar-refractivity contribution in [3.05, 3.63) is 0 Å². The van der Waals surface area contributed by atoms with Crippen LogP contribution in [0.1, 0.15) is 20.3 Å². The van der Waals surface area contributed by atoms with Crippen LogP contribution in [-0.4, -0.2) is 31.7 Å². The van der Waals surface area contributed by atoms with Crippen molar-refractivity contribution in [2.24, 2.45) is 0 Å². The first-order valence-electron chi connectivity index (χ1n) is 3.29. The van der Waals surface area contributed by atoms with Crippen molar-refractivity contribution in [3.8, 4) is 0 Å². The van der Waals surface area contributed by atoms with E-state index in [-0.39, 0.29) is 4.70 Å². The Morgan fingerprint density at radius 1 is 1.22 bits per heavy atom. The lowest BCUT2D eigenvalue weighted by Gasteiger charge is -2.30. The second kappa shape index (κ2) is 3.83. The van der Waals surface area contributed by atoms with Gasteiger partial charge in [0.05, 0.1) is 27.2 Å². The number of nitrogens with zero attached hydrogens (tertiary/aromatic N) is 1. The highest BCUT2D eigenvalue weighted by atomic mass is 19.0. The SMILES string of the molecule is CCC(C)[N+](C)(C)C.[F-]. The van der Waals surface area contributed by atoms with E-state index in [1.165, 1.54) is 6.42 Å². The van der Waals surface area contributed by atoms with Crippen LogP contribution in [0, 0.1) is 0 Å². The molecule has 0 saturated carbocycles. The number of halogens is 1. The van der Waals surface area contributed by atoms with Crippen LogP contribution >= 0.6 is 0 Å². The third kappa shape index (κ3) is 4.40. The monoisotopic (exact) mass is 135 g/mol. The molecular formula is C7H18FN. The molecule has 1 atom stereocenters. The lowest BCUT2D eigenvalue weighted by molar-refractivity contribution is -0.894. The standard InChI is InChI=1S/C7H18N.FH/c1-6-7(2)8(3,4)5;/h7H,6H2,1-5H3;1H/q+1;/p-1. The van der Waals surface area contributed by atoms with Crippen LogP contribution in [0.3, 0.4) is 0 Å². The average Bonchev–Trinajstić information content (AvgIpc) is 1.62. The smallest absolute Gasteiger partial charge is 0.0852 e. The zero-order chi connectivity index (χ0) is 6.78. The minimum absolute atomic E-state index is 0. The van der Waals surface area contributed by atoms with E-state index in [2.05, 4.69) is 35.0 Å². The molecule has 0 aliphatic carbocycles. The third-order valence-corrected chi connectivity index (χ3v) is 1.91. The van der Waals surface area contributed by atoms with Gasteiger partial charge in [-0.1, -0.05) is 6.92 Å². The summed E-state index contributed by atoms with van der Waals surface area (Å²) in [6.45, 7) is 4.51. The van der Waals surface area contributed by atoms with E-state index in [0.717, 1.165) is 10.5 Å². The van der Waals surface area contributed by atoms with Gasteiger partial charge in [0.25, 0.3) is 0 Å². The van der Waals surface area contributed by atoms with Crippen LogP contribution in [0.4, 0.5) is 0 Å². The Morgan fingerprint density at radius 2 is 1.56 bits per heavy atom. The Hall–Kier alpha value is -0.110. The molecule has 1 nitrogen and oxygen atoms in total. The second-order valence-electron chi connectivity index (χ2n) is 3.37. The molecule has 0 radical (unpaired) electrons. The Morgan fingerprint density at radius 3 is 1.56 bits per heavy atom. The predicted molar refractivity (Wildman–Crippen MR) is 37.8 cm³/mol. The zero-order valence-electron chi connectivity index (χ0n) is 7.11. The maximum atomic E-state index is 2.28. The lowest BCUT2D eigenvalue weighted by Crippen LogP contribution is -3.00. The molecule has 0 aromatic carbocycles. The molecule has 0 saturated heterocycles. The molecule has 9 heavy (non-hydrogen) atoms. The molecular weight excluding hydrogens is 117 g/mol. The molecule has 0 N–H and O–H groups in total. The molecule has 0 aliphatic rings. The van der Waals surface area contributed by atoms with Crippen molar-refractivity contribution in [1.82, 2.24) is 0 Å². The highest BCUT2D eigenvalue weighted by Crippen LogP contribution is 2.04. The molecule has 2 heteroatoms. The molecule has 1 unspecified atom stereocenters. The van der Waals surface area contributed by atoms with Crippen LogP contribution in [0.2, 0.25) is 0 Å². The van der Waals surface area contributed by atoms with Gasteiger partial charge >= 0.3 is 0 Å². The highest BCUT2D eigenvalue weighted by Gasteiger charge is 2.14. The Bertz CT molecular complexity index is 65.8. The van der Waals surface area contributed by atoms with Crippen molar-refractivity contribution in [2.45, 2.75) is 26.3 Å². The predicted octanol–water partition coefficient (Wildman–Crippen LogP) is -1.50. The normalized spacial score (nSPS) is 14.3. The van der Waals surface area contributed by atoms with Crippen molar-refractivity contribution in [3.63, 3.8) is 0 Å². The molecule has 0 fully saturated rings. The molecule has 0 aromatic heterocycles. The van der Waals surface area contributed by atoms with Crippen molar-refractivity contribution in [2.75, 3.05) is 21.1 Å². The number of quaternary nitrogens is 1. The van der Waals surface area contributed by atoms with Gasteiger partial charge in [-0.15, -0.1) is 0 Å². The molecule has 58 valence electrons. The highest BCUT2D eigenvalue weighted by molar-refractivity contribution is 4.41. The maximum absolute atomic E-state index is 2.28. The number of rotatable bonds is 2. The van der Waals surface area contributed by atoms with Gasteiger partial charge in [0.2, 0.25) is 0 Å². The molecule has 0 aliphatic heterocycles. The van der Waals surface area contributed by atoms with Crippen LogP contribution in [-0.2, 0) is 0 Å². The summed E-state index contributed by atoms with van der Waals surface area (Å²) >= 11 is 0. The summed E-state index contributed by atoms with van der Waals surface area (Å²) in [6.07, 6.45) is 1.27. The minimum Gasteiger partial charge on any atom is -1.00 e. The first-order valence-corrected chi connectivity index (χ1v) is 3.29. The van der Waals surface area contributed by atoms with Crippen molar-refractivity contribution in [1.29, 1.82) is 0 Å². The van der Waals surface area contributed by atoms with Gasteiger partial charge in [0.1, 0.15) is 0 Å². The summed E-state index contributed by atoms with van der Waals surface area (Å²) in [6, 6.07) is 0.787. The quantitative estimate of drug-likeness (QED) is 0.404. The van der Waals surface area contributed by atoms with E-state index in [1.54, 1.807) is 0 Å². The zero-order valence-corrected chi connectivity index (χ0v) is 7.11. The van der Waals surface area contributed by atoms with Crippen molar-refractivity contribution >= 4 is 0 Å². The summed E-state index contributed by atoms with van der Waals surface area (Å²) in [4.78, 5) is 0. The third-order valence-electron chi connectivity index (χ3n) is 1.91. The van der Waals surface area contributed by atoms with E-state index in [1.807, 2.05) is 0 Å². The minimum atomic E-state index is 0. The molecule has 0 amide bonds. The molecule has 0 spiro atoms. The number of hydrogen-bond donors (Lipinski definition) is 0. The fourth-order valence-electron chi connectivity index (χ4n) is 0.548. The topological polar surface area (TPSA) is 0 Å². The Balaban J connectivity index is 0. The fraction of sp³-hybridized carbons (Fsp3) is 1.00. The van der Waals surface area contributed by atoms with Gasteiger partial charge < -0.3 is 9.19 Å². The van der Waals surface area contributed by atoms with E-state index >= 15 is 0 Å². The van der Waals surface area contributed by atoms with Crippen molar-refractivity contribution < 1.29 is 9.19 Å². The van der Waals surface area contributed by atoms with E-state index in [0.29, 0.717) is 0 Å². The summed E-state index contributed by atoms with van der Waals surface area (Å²) in [7, 11) is 6.69. The number of hydrogen-bond acceptors (Lipinski definition) is 0. The summed E-state index contributed by atoms with van der Waals surface area (Å²) in [5.74, 6) is 0. The molecule has 0 heterocycles. The maximum Gasteiger partial charge on any atom is 0.0852 e. The van der Waals surface area contributed by atoms with Gasteiger partial charge in [-0.25, -0.2) is 0 Å². The van der Waals surface area contributed by atoms with Crippen LogP contribution in [0.5, 0.6) is 0 Å². The molecule has 0 bridgehead atoms. The first-order chi connectivity index (χ1) is 3.48. The summed E-state index contributed by atoms with van der Waals surface area (Å²) in [5.41, 5.74) is 0. The van der Waals surface area contributed by atoms with Gasteiger partial charge in [-0.3, -0.25) is 0 Å². The average molecular weight is 135 g/mol. The summed E-state index contributed by atoms with van der Waals surface area (Å²) in [5, 5.41) is 0. The largest absolute Gasteiger partial charge is 1.00 e. The molecule has 0 rings (SSSR count). The Kier molecular flexibility index (Phi) is 4.96. The van der Waals surface area contributed by atoms with E-state index in [4.69, 9.17) is 0 Å². The Labute approximate surface area is 57.6 Å². The van der Waals surface area contributed by atoms with Crippen LogP contribution in [0.25, 0.3) is 0 Å². The van der Waals surface area contributed by atoms with E-state index < -0.39 is 0 Å². The van der Waals surface area contributed by atoms with Gasteiger partial charge in [0, 0.05) is 0 Å². The van der Waals surface area contributed by atoms with Crippen LogP contribution < -0.4 is 4.70 Å². The molecule has 0 aromatic rings. The lowest BCUT2D eigenvalue weighted by atomic mass is 10.2. The van der Waals surface area contributed by atoms with Gasteiger partial charge in [-0.2, -0.15) is 0 Å². The van der Waals surface area contributed by atoms with E-state index in [9.17, 15) is 0 Å². The second-order valence-corrected chi connectivity index (χ2v) is 3.37.